The zero-order valence-electron chi connectivity index (χ0n) is 18.6. The van der Waals surface area contributed by atoms with Gasteiger partial charge in [-0.25, -0.2) is 13.8 Å². The summed E-state index contributed by atoms with van der Waals surface area (Å²) in [4.78, 5) is 20.6. The Balaban J connectivity index is 1.70. The van der Waals surface area contributed by atoms with Crippen molar-refractivity contribution in [1.82, 2.24) is 9.88 Å². The van der Waals surface area contributed by atoms with Crippen molar-refractivity contribution < 1.29 is 18.7 Å². The topological polar surface area (TPSA) is 56.7 Å². The monoisotopic (exact) mass is 483 g/mol. The lowest BCUT2D eigenvalue weighted by Crippen LogP contribution is -2.48. The number of nitrogens with zero attached hydrogens (tertiary/aromatic N) is 3. The fraction of sp³-hybridized carbons (Fsp3) is 0.308. The molecule has 1 saturated heterocycles. The molecule has 2 aromatic carbocycles. The van der Waals surface area contributed by atoms with Gasteiger partial charge in [0.1, 0.15) is 17.1 Å². The number of piperazine rings is 1. The van der Waals surface area contributed by atoms with E-state index in [1.807, 2.05) is 0 Å². The minimum absolute atomic E-state index is 0.00433. The second-order valence-corrected chi connectivity index (χ2v) is 9.09. The lowest BCUT2D eigenvalue weighted by atomic mass is 9.91. The van der Waals surface area contributed by atoms with Crippen LogP contribution in [0.5, 0.6) is 5.75 Å². The maximum Gasteiger partial charge on any atom is 0.246 e. The number of phenolic OH excluding ortho intramolecular Hbond substituents is 1. The highest BCUT2D eigenvalue weighted by molar-refractivity contribution is 6.34. The minimum Gasteiger partial charge on any atom is -0.507 e. The average molecular weight is 484 g/mol. The van der Waals surface area contributed by atoms with Crippen molar-refractivity contribution >= 4 is 34.1 Å². The van der Waals surface area contributed by atoms with Gasteiger partial charge in [0, 0.05) is 42.8 Å². The summed E-state index contributed by atoms with van der Waals surface area (Å²) in [6.45, 7) is 5.79. The molecule has 0 bridgehead atoms. The standard InChI is InChI=1S/C26H24ClF2N3O2/c1-2-21(34)31-10-12-32(13-11-31)26-15-6-3-4-8-19(15)30-25-16(26)14-17(27)22(24(25)29)23-18(28)7-5-9-20(23)33/h2,5,7,9,14,33H,1,3-4,6,8,10-13H2. The molecule has 1 aromatic heterocycles. The lowest BCUT2D eigenvalue weighted by Gasteiger charge is -2.38. The van der Waals surface area contributed by atoms with Crippen LogP contribution in [-0.4, -0.2) is 47.1 Å². The van der Waals surface area contributed by atoms with E-state index in [0.29, 0.717) is 31.6 Å². The van der Waals surface area contributed by atoms with E-state index in [1.165, 1.54) is 18.2 Å². The van der Waals surface area contributed by atoms with Crippen LogP contribution in [0.3, 0.4) is 0 Å². The molecule has 1 aliphatic carbocycles. The molecule has 2 aliphatic rings. The summed E-state index contributed by atoms with van der Waals surface area (Å²) < 4.78 is 30.6. The van der Waals surface area contributed by atoms with Gasteiger partial charge in [-0.3, -0.25) is 4.79 Å². The molecule has 1 amide bonds. The zero-order valence-corrected chi connectivity index (χ0v) is 19.3. The molecule has 3 aromatic rings. The number of halogens is 3. The van der Waals surface area contributed by atoms with Gasteiger partial charge in [0.15, 0.2) is 5.82 Å². The largest absolute Gasteiger partial charge is 0.507 e. The van der Waals surface area contributed by atoms with Gasteiger partial charge in [-0.15, -0.1) is 0 Å². The number of anilines is 1. The maximum atomic E-state index is 16.0. The number of fused-ring (bicyclic) bond motifs is 2. The molecule has 0 unspecified atom stereocenters. The molecular weight excluding hydrogens is 460 g/mol. The van der Waals surface area contributed by atoms with Crippen LogP contribution >= 0.6 is 11.6 Å². The van der Waals surface area contributed by atoms with Crippen LogP contribution in [0, 0.1) is 11.6 Å². The summed E-state index contributed by atoms with van der Waals surface area (Å²) in [5.74, 6) is -2.01. The third-order valence-electron chi connectivity index (χ3n) is 6.74. The van der Waals surface area contributed by atoms with Crippen LogP contribution in [0.1, 0.15) is 24.1 Å². The van der Waals surface area contributed by atoms with E-state index in [1.54, 1.807) is 11.0 Å². The summed E-state index contributed by atoms with van der Waals surface area (Å²) in [5.41, 5.74) is 2.45. The third-order valence-corrected chi connectivity index (χ3v) is 7.04. The number of aryl methyl sites for hydroxylation is 1. The highest BCUT2D eigenvalue weighted by Gasteiger charge is 2.29. The van der Waals surface area contributed by atoms with Crippen molar-refractivity contribution in [3.63, 3.8) is 0 Å². The summed E-state index contributed by atoms with van der Waals surface area (Å²) in [6, 6.07) is 5.43. The second-order valence-electron chi connectivity index (χ2n) is 8.69. The molecule has 34 heavy (non-hydrogen) atoms. The van der Waals surface area contributed by atoms with E-state index in [2.05, 4.69) is 16.5 Å². The molecule has 5 rings (SSSR count). The van der Waals surface area contributed by atoms with Crippen LogP contribution in [0.2, 0.25) is 5.02 Å². The van der Waals surface area contributed by atoms with Crippen LogP contribution in [-0.2, 0) is 17.6 Å². The van der Waals surface area contributed by atoms with Gasteiger partial charge in [0.05, 0.1) is 16.3 Å². The van der Waals surface area contributed by atoms with Crippen molar-refractivity contribution in [2.45, 2.75) is 25.7 Å². The fourth-order valence-corrected chi connectivity index (χ4v) is 5.38. The number of hydrogen-bond acceptors (Lipinski definition) is 4. The molecule has 5 nitrogen and oxygen atoms in total. The summed E-state index contributed by atoms with van der Waals surface area (Å²) in [5, 5.41) is 10.8. The second kappa shape index (κ2) is 8.87. The first-order valence-electron chi connectivity index (χ1n) is 11.4. The molecule has 2 heterocycles. The van der Waals surface area contributed by atoms with E-state index >= 15 is 4.39 Å². The van der Waals surface area contributed by atoms with Crippen molar-refractivity contribution in [3.8, 4) is 16.9 Å². The summed E-state index contributed by atoms with van der Waals surface area (Å²) in [7, 11) is 0. The number of aromatic nitrogens is 1. The Morgan fingerprint density at radius 1 is 1.12 bits per heavy atom. The van der Waals surface area contributed by atoms with Crippen LogP contribution < -0.4 is 4.90 Å². The Labute approximate surface area is 201 Å². The molecule has 8 heteroatoms. The average Bonchev–Trinajstić information content (AvgIpc) is 2.84. The van der Waals surface area contributed by atoms with E-state index < -0.39 is 11.6 Å². The fourth-order valence-electron chi connectivity index (χ4n) is 5.09. The first-order chi connectivity index (χ1) is 16.4. The molecule has 0 saturated carbocycles. The van der Waals surface area contributed by atoms with E-state index in [9.17, 15) is 14.3 Å². The van der Waals surface area contributed by atoms with Gasteiger partial charge in [0.2, 0.25) is 5.91 Å². The zero-order chi connectivity index (χ0) is 24.0. The number of carbonyl (C=O) groups excluding carboxylic acids is 1. The van der Waals surface area contributed by atoms with Crippen LogP contribution in [0.25, 0.3) is 22.0 Å². The molecule has 1 fully saturated rings. The molecule has 0 atom stereocenters. The van der Waals surface area contributed by atoms with Gasteiger partial charge in [-0.2, -0.15) is 0 Å². The normalized spacial score (nSPS) is 16.0. The number of amides is 1. The highest BCUT2D eigenvalue weighted by Crippen LogP contribution is 2.44. The quantitative estimate of drug-likeness (QED) is 0.517. The van der Waals surface area contributed by atoms with Crippen molar-refractivity contribution in [1.29, 1.82) is 0 Å². The smallest absolute Gasteiger partial charge is 0.246 e. The number of hydrogen-bond donors (Lipinski definition) is 1. The number of rotatable bonds is 3. The van der Waals surface area contributed by atoms with Gasteiger partial charge in [-0.1, -0.05) is 24.2 Å². The van der Waals surface area contributed by atoms with Crippen molar-refractivity contribution in [3.05, 3.63) is 64.8 Å². The molecule has 1 N–H and O–H groups in total. The Kier molecular flexibility index (Phi) is 5.90. The van der Waals surface area contributed by atoms with Gasteiger partial charge in [0.25, 0.3) is 0 Å². The first-order valence-corrected chi connectivity index (χ1v) is 11.8. The Morgan fingerprint density at radius 3 is 2.56 bits per heavy atom. The van der Waals surface area contributed by atoms with Crippen molar-refractivity contribution in [2.24, 2.45) is 0 Å². The number of pyridine rings is 1. The predicted molar refractivity (Wildman–Crippen MR) is 129 cm³/mol. The molecule has 0 radical (unpaired) electrons. The molecular formula is C26H24ClF2N3O2. The van der Waals surface area contributed by atoms with Gasteiger partial charge < -0.3 is 14.9 Å². The van der Waals surface area contributed by atoms with E-state index in [-0.39, 0.29) is 33.3 Å². The Hall–Kier alpha value is -3.19. The Bertz CT molecular complexity index is 1300. The number of aromatic hydroxyl groups is 1. The van der Waals surface area contributed by atoms with Crippen molar-refractivity contribution in [2.75, 3.05) is 31.1 Å². The number of carbonyl (C=O) groups is 1. The molecule has 1 aliphatic heterocycles. The van der Waals surface area contributed by atoms with Gasteiger partial charge in [-0.05, 0) is 55.5 Å². The molecule has 0 spiro atoms. The SMILES string of the molecule is C=CC(=O)N1CCN(c2c3c(nc4c(F)c(-c5c(O)cccc5F)c(Cl)cc24)CCCC3)CC1. The predicted octanol–water partition coefficient (Wildman–Crippen LogP) is 5.25. The summed E-state index contributed by atoms with van der Waals surface area (Å²) in [6.07, 6.45) is 4.85. The first kappa shape index (κ1) is 22.6. The van der Waals surface area contributed by atoms with Gasteiger partial charge >= 0.3 is 0 Å². The number of phenols is 1. The van der Waals surface area contributed by atoms with E-state index in [4.69, 9.17) is 11.6 Å². The third kappa shape index (κ3) is 3.68. The number of benzene rings is 2. The highest BCUT2D eigenvalue weighted by atomic mass is 35.5. The summed E-state index contributed by atoms with van der Waals surface area (Å²) >= 11 is 6.54. The molecule has 176 valence electrons. The van der Waals surface area contributed by atoms with Crippen LogP contribution in [0.15, 0.2) is 36.9 Å². The Morgan fingerprint density at radius 2 is 1.85 bits per heavy atom. The van der Waals surface area contributed by atoms with Crippen LogP contribution in [0.4, 0.5) is 14.5 Å². The van der Waals surface area contributed by atoms with E-state index in [0.717, 1.165) is 48.7 Å². The minimum atomic E-state index is -0.763. The lowest BCUT2D eigenvalue weighted by molar-refractivity contribution is -0.126. The maximum absolute atomic E-state index is 16.0.